The summed E-state index contributed by atoms with van der Waals surface area (Å²) in [5.41, 5.74) is 4.70. The molecular weight excluding hydrogens is 368 g/mol. The highest BCUT2D eigenvalue weighted by Crippen LogP contribution is 2.33. The number of hydrogen-bond donors (Lipinski definition) is 1. The predicted octanol–water partition coefficient (Wildman–Crippen LogP) is 3.56. The molecule has 0 spiro atoms. The SMILES string of the molecule is Cc1nc2n(c(=O)c1CCN1CCC(c3c[nH]c4ccccc34)CC1)CCS2. The molecule has 1 fully saturated rings. The average molecular weight is 395 g/mol. The Bertz CT molecular complexity index is 1060. The highest BCUT2D eigenvalue weighted by Gasteiger charge is 2.24. The number of para-hydroxylation sites is 1. The van der Waals surface area contributed by atoms with E-state index in [1.54, 1.807) is 11.8 Å². The molecular formula is C22H26N4OS. The van der Waals surface area contributed by atoms with Gasteiger partial charge in [0.15, 0.2) is 5.16 Å². The fraction of sp³-hybridized carbons (Fsp3) is 0.455. The Morgan fingerprint density at radius 1 is 1.21 bits per heavy atom. The summed E-state index contributed by atoms with van der Waals surface area (Å²) in [7, 11) is 0. The van der Waals surface area contributed by atoms with Gasteiger partial charge in [-0.05, 0) is 56.8 Å². The van der Waals surface area contributed by atoms with Gasteiger partial charge in [0.1, 0.15) is 0 Å². The van der Waals surface area contributed by atoms with Crippen molar-refractivity contribution in [1.29, 1.82) is 0 Å². The van der Waals surface area contributed by atoms with Crippen LogP contribution >= 0.6 is 11.8 Å². The lowest BCUT2D eigenvalue weighted by molar-refractivity contribution is 0.214. The van der Waals surface area contributed by atoms with Crippen molar-refractivity contribution < 1.29 is 0 Å². The van der Waals surface area contributed by atoms with E-state index >= 15 is 0 Å². The van der Waals surface area contributed by atoms with E-state index in [1.807, 2.05) is 11.5 Å². The van der Waals surface area contributed by atoms with Crippen molar-refractivity contribution in [2.75, 3.05) is 25.4 Å². The highest BCUT2D eigenvalue weighted by atomic mass is 32.2. The van der Waals surface area contributed by atoms with Gasteiger partial charge in [0.2, 0.25) is 0 Å². The van der Waals surface area contributed by atoms with Crippen molar-refractivity contribution in [2.24, 2.45) is 0 Å². The summed E-state index contributed by atoms with van der Waals surface area (Å²) in [6.07, 6.45) is 5.36. The zero-order valence-electron chi connectivity index (χ0n) is 16.3. The fourth-order valence-corrected chi connectivity index (χ4v) is 5.66. The van der Waals surface area contributed by atoms with E-state index in [0.29, 0.717) is 5.92 Å². The van der Waals surface area contributed by atoms with Crippen LogP contribution in [0.25, 0.3) is 10.9 Å². The number of aromatic nitrogens is 3. The molecule has 0 aliphatic carbocycles. The van der Waals surface area contributed by atoms with Crippen molar-refractivity contribution in [3.8, 4) is 0 Å². The molecule has 2 aromatic heterocycles. The number of aromatic amines is 1. The Kier molecular flexibility index (Phi) is 4.77. The number of thioether (sulfide) groups is 1. The Labute approximate surface area is 169 Å². The van der Waals surface area contributed by atoms with E-state index < -0.39 is 0 Å². The van der Waals surface area contributed by atoms with E-state index in [4.69, 9.17) is 0 Å². The number of nitrogens with zero attached hydrogens (tertiary/aromatic N) is 3. The average Bonchev–Trinajstić information content (AvgIpc) is 3.35. The molecule has 6 heteroatoms. The van der Waals surface area contributed by atoms with Gasteiger partial charge in [0.05, 0.1) is 0 Å². The van der Waals surface area contributed by atoms with Gasteiger partial charge < -0.3 is 9.88 Å². The molecule has 0 atom stereocenters. The number of hydrogen-bond acceptors (Lipinski definition) is 4. The molecule has 1 N–H and O–H groups in total. The molecule has 2 aliphatic rings. The van der Waals surface area contributed by atoms with Gasteiger partial charge in [-0.15, -0.1) is 0 Å². The molecule has 4 heterocycles. The molecule has 5 nitrogen and oxygen atoms in total. The third-order valence-corrected chi connectivity index (χ3v) is 7.26. The second kappa shape index (κ2) is 7.41. The maximum absolute atomic E-state index is 12.8. The van der Waals surface area contributed by atoms with E-state index in [2.05, 4.69) is 45.3 Å². The van der Waals surface area contributed by atoms with E-state index in [0.717, 1.165) is 54.8 Å². The van der Waals surface area contributed by atoms with Gasteiger partial charge in [-0.2, -0.15) is 0 Å². The van der Waals surface area contributed by atoms with Gasteiger partial charge in [-0.1, -0.05) is 30.0 Å². The molecule has 146 valence electrons. The number of aryl methyl sites for hydroxylation is 1. The number of H-pyrrole nitrogens is 1. The van der Waals surface area contributed by atoms with Crippen molar-refractivity contribution >= 4 is 22.7 Å². The zero-order valence-corrected chi connectivity index (χ0v) is 17.1. The fourth-order valence-electron chi connectivity index (χ4n) is 4.67. The number of likely N-dealkylation sites (tertiary alicyclic amines) is 1. The molecule has 3 aromatic rings. The smallest absolute Gasteiger partial charge is 0.257 e. The number of piperidine rings is 1. The lowest BCUT2D eigenvalue weighted by Crippen LogP contribution is -2.36. The molecule has 0 bridgehead atoms. The molecule has 0 unspecified atom stereocenters. The van der Waals surface area contributed by atoms with Crippen LogP contribution in [0.1, 0.15) is 35.6 Å². The molecule has 5 rings (SSSR count). The summed E-state index contributed by atoms with van der Waals surface area (Å²) in [6, 6.07) is 8.59. The quantitative estimate of drug-likeness (QED) is 0.688. The Morgan fingerprint density at radius 3 is 2.89 bits per heavy atom. The molecule has 1 saturated heterocycles. The Balaban J connectivity index is 1.23. The van der Waals surface area contributed by atoms with Crippen LogP contribution in [-0.2, 0) is 13.0 Å². The molecule has 0 saturated carbocycles. The predicted molar refractivity (Wildman–Crippen MR) is 114 cm³/mol. The minimum atomic E-state index is 0.182. The van der Waals surface area contributed by atoms with Crippen molar-refractivity contribution in [1.82, 2.24) is 19.4 Å². The van der Waals surface area contributed by atoms with E-state index in [-0.39, 0.29) is 5.56 Å². The van der Waals surface area contributed by atoms with Crippen LogP contribution in [0, 0.1) is 6.92 Å². The largest absolute Gasteiger partial charge is 0.361 e. The van der Waals surface area contributed by atoms with Gasteiger partial charge in [0.25, 0.3) is 5.56 Å². The summed E-state index contributed by atoms with van der Waals surface area (Å²) in [5.74, 6) is 1.59. The second-order valence-corrected chi connectivity index (χ2v) is 8.98. The van der Waals surface area contributed by atoms with Crippen LogP contribution in [0.4, 0.5) is 0 Å². The topological polar surface area (TPSA) is 53.9 Å². The van der Waals surface area contributed by atoms with Gasteiger partial charge in [0, 0.05) is 47.2 Å². The van der Waals surface area contributed by atoms with Crippen LogP contribution in [0.2, 0.25) is 0 Å². The number of fused-ring (bicyclic) bond motifs is 2. The number of rotatable bonds is 4. The van der Waals surface area contributed by atoms with Gasteiger partial charge in [-0.25, -0.2) is 4.98 Å². The first kappa shape index (κ1) is 18.0. The van der Waals surface area contributed by atoms with Crippen LogP contribution in [0.5, 0.6) is 0 Å². The molecule has 28 heavy (non-hydrogen) atoms. The first-order chi connectivity index (χ1) is 13.7. The van der Waals surface area contributed by atoms with Gasteiger partial charge in [-0.3, -0.25) is 9.36 Å². The third kappa shape index (κ3) is 3.18. The normalized spacial score (nSPS) is 18.0. The lowest BCUT2D eigenvalue weighted by atomic mass is 9.89. The van der Waals surface area contributed by atoms with E-state index in [9.17, 15) is 4.79 Å². The van der Waals surface area contributed by atoms with Crippen LogP contribution in [0.3, 0.4) is 0 Å². The zero-order chi connectivity index (χ0) is 19.1. The van der Waals surface area contributed by atoms with Crippen LogP contribution in [0.15, 0.2) is 40.4 Å². The van der Waals surface area contributed by atoms with Crippen LogP contribution in [-0.4, -0.2) is 44.8 Å². The maximum Gasteiger partial charge on any atom is 0.257 e. The Morgan fingerprint density at radius 2 is 2.04 bits per heavy atom. The van der Waals surface area contributed by atoms with Gasteiger partial charge >= 0.3 is 0 Å². The molecule has 0 amide bonds. The maximum atomic E-state index is 12.8. The highest BCUT2D eigenvalue weighted by molar-refractivity contribution is 7.99. The minimum Gasteiger partial charge on any atom is -0.361 e. The lowest BCUT2D eigenvalue weighted by Gasteiger charge is -2.32. The third-order valence-electron chi connectivity index (χ3n) is 6.31. The molecule has 2 aliphatic heterocycles. The van der Waals surface area contributed by atoms with Crippen molar-refractivity contribution in [3.05, 3.63) is 57.6 Å². The summed E-state index contributed by atoms with van der Waals surface area (Å²) < 4.78 is 1.86. The van der Waals surface area contributed by atoms with Crippen LogP contribution < -0.4 is 5.56 Å². The summed E-state index contributed by atoms with van der Waals surface area (Å²) in [6.45, 7) is 5.93. The Hall–Kier alpha value is -2.05. The summed E-state index contributed by atoms with van der Waals surface area (Å²) >= 11 is 1.69. The number of nitrogens with one attached hydrogen (secondary N) is 1. The standard InChI is InChI=1S/C22H26N4OS/c1-15-17(21(27)26-12-13-28-22(26)24-15)8-11-25-9-6-16(7-10-25)19-14-23-20-5-3-2-4-18(19)20/h2-5,14,16,23H,6-13H2,1H3. The molecule has 0 radical (unpaired) electrons. The second-order valence-electron chi connectivity index (χ2n) is 7.92. The summed E-state index contributed by atoms with van der Waals surface area (Å²) in [4.78, 5) is 23.4. The van der Waals surface area contributed by atoms with E-state index in [1.165, 1.54) is 29.3 Å². The van der Waals surface area contributed by atoms with Crippen molar-refractivity contribution in [3.63, 3.8) is 0 Å². The van der Waals surface area contributed by atoms with Crippen molar-refractivity contribution in [2.45, 2.75) is 43.8 Å². The first-order valence-corrected chi connectivity index (χ1v) is 11.2. The number of benzene rings is 1. The molecule has 1 aromatic carbocycles. The summed E-state index contributed by atoms with van der Waals surface area (Å²) in [5, 5.41) is 2.26. The first-order valence-electron chi connectivity index (χ1n) is 10.2. The minimum absolute atomic E-state index is 0.182. The monoisotopic (exact) mass is 394 g/mol.